The average Bonchev–Trinajstić information content (AvgIpc) is 3.26. The van der Waals surface area contributed by atoms with E-state index >= 15 is 0 Å². The number of fused-ring (bicyclic) bond motifs is 1. The molecule has 4 rings (SSSR count). The molecule has 1 aliphatic heterocycles. The largest absolute Gasteiger partial charge is 0.481 e. The molecule has 0 aliphatic carbocycles. The third kappa shape index (κ3) is 5.03. The first kappa shape index (κ1) is 20.5. The molecule has 160 valence electrons. The van der Waals surface area contributed by atoms with Crippen LogP contribution in [0.15, 0.2) is 65.5 Å². The fourth-order valence-corrected chi connectivity index (χ4v) is 3.16. The summed E-state index contributed by atoms with van der Waals surface area (Å²) in [5.41, 5.74) is 1.50. The number of amides is 1. The zero-order valence-corrected chi connectivity index (χ0v) is 17.1. The van der Waals surface area contributed by atoms with Gasteiger partial charge in [0.05, 0.1) is 5.69 Å². The summed E-state index contributed by atoms with van der Waals surface area (Å²) in [6.45, 7) is 2.66. The summed E-state index contributed by atoms with van der Waals surface area (Å²) < 4.78 is 17.7. The number of hydrogen-bond acceptors (Lipinski definition) is 6. The fraction of sp³-hybridized carbons (Fsp3) is 0.261. The van der Waals surface area contributed by atoms with Crippen LogP contribution in [0, 0.1) is 0 Å². The van der Waals surface area contributed by atoms with E-state index in [0.29, 0.717) is 36.8 Å². The number of aryl methyl sites for hydroxylation is 1. The van der Waals surface area contributed by atoms with E-state index in [1.54, 1.807) is 31.2 Å². The maximum absolute atomic E-state index is 12.3. The van der Waals surface area contributed by atoms with Crippen LogP contribution in [-0.2, 0) is 11.3 Å². The van der Waals surface area contributed by atoms with Crippen LogP contribution in [0.4, 0.5) is 0 Å². The van der Waals surface area contributed by atoms with Crippen LogP contribution in [0.25, 0.3) is 11.3 Å². The SMILES string of the molecule is CC(Oc1ccc2c(c1)OCO2)C(=O)NCCCn1nc(-c2ccccc2)ccc1=O. The fourth-order valence-electron chi connectivity index (χ4n) is 3.16. The Kier molecular flexibility index (Phi) is 6.16. The Bertz CT molecular complexity index is 1110. The van der Waals surface area contributed by atoms with Gasteiger partial charge in [-0.1, -0.05) is 30.3 Å². The van der Waals surface area contributed by atoms with Crippen molar-refractivity contribution in [2.24, 2.45) is 0 Å². The standard InChI is InChI=1S/C23H23N3O5/c1-16(31-18-8-10-20-21(14-18)30-15-29-20)23(28)24-12-5-13-26-22(27)11-9-19(25-26)17-6-3-2-4-7-17/h2-4,6-11,14,16H,5,12-13,15H2,1H3,(H,24,28). The van der Waals surface area contributed by atoms with Crippen LogP contribution < -0.4 is 25.1 Å². The molecule has 0 saturated carbocycles. The minimum absolute atomic E-state index is 0.175. The molecule has 3 aromatic rings. The van der Waals surface area contributed by atoms with E-state index < -0.39 is 6.10 Å². The van der Waals surface area contributed by atoms with Gasteiger partial charge in [-0.3, -0.25) is 9.59 Å². The lowest BCUT2D eigenvalue weighted by atomic mass is 10.1. The van der Waals surface area contributed by atoms with Crippen molar-refractivity contribution in [1.82, 2.24) is 15.1 Å². The molecule has 31 heavy (non-hydrogen) atoms. The zero-order valence-electron chi connectivity index (χ0n) is 17.1. The maximum Gasteiger partial charge on any atom is 0.266 e. The minimum Gasteiger partial charge on any atom is -0.481 e. The number of aromatic nitrogens is 2. The Balaban J connectivity index is 1.26. The van der Waals surface area contributed by atoms with Gasteiger partial charge in [0.25, 0.3) is 11.5 Å². The molecule has 2 aromatic carbocycles. The van der Waals surface area contributed by atoms with Gasteiger partial charge in [-0.05, 0) is 31.5 Å². The molecule has 1 aliphatic rings. The molecular formula is C23H23N3O5. The first-order chi connectivity index (χ1) is 15.1. The lowest BCUT2D eigenvalue weighted by molar-refractivity contribution is -0.127. The van der Waals surface area contributed by atoms with Crippen molar-refractivity contribution in [1.29, 1.82) is 0 Å². The van der Waals surface area contributed by atoms with E-state index in [1.165, 1.54) is 10.7 Å². The number of ether oxygens (including phenoxy) is 3. The van der Waals surface area contributed by atoms with E-state index in [4.69, 9.17) is 14.2 Å². The van der Waals surface area contributed by atoms with Crippen molar-refractivity contribution in [2.75, 3.05) is 13.3 Å². The van der Waals surface area contributed by atoms with Crippen LogP contribution in [0.1, 0.15) is 13.3 Å². The molecule has 0 fully saturated rings. The van der Waals surface area contributed by atoms with Gasteiger partial charge in [-0.25, -0.2) is 4.68 Å². The Hall–Kier alpha value is -3.81. The monoisotopic (exact) mass is 421 g/mol. The highest BCUT2D eigenvalue weighted by molar-refractivity contribution is 5.80. The normalized spacial score (nSPS) is 12.9. The summed E-state index contributed by atoms with van der Waals surface area (Å²) in [6, 6.07) is 18.1. The van der Waals surface area contributed by atoms with Gasteiger partial charge in [0.15, 0.2) is 17.6 Å². The predicted molar refractivity (Wildman–Crippen MR) is 114 cm³/mol. The molecule has 0 spiro atoms. The molecule has 1 amide bonds. The molecule has 1 aromatic heterocycles. The third-order valence-corrected chi connectivity index (χ3v) is 4.81. The minimum atomic E-state index is -0.678. The lowest BCUT2D eigenvalue weighted by Crippen LogP contribution is -2.37. The van der Waals surface area contributed by atoms with E-state index in [9.17, 15) is 9.59 Å². The lowest BCUT2D eigenvalue weighted by Gasteiger charge is -2.15. The summed E-state index contributed by atoms with van der Waals surface area (Å²) in [5.74, 6) is 1.54. The van der Waals surface area contributed by atoms with Crippen LogP contribution in [-0.4, -0.2) is 35.1 Å². The number of benzene rings is 2. The van der Waals surface area contributed by atoms with Gasteiger partial charge >= 0.3 is 0 Å². The quantitative estimate of drug-likeness (QED) is 0.562. The molecular weight excluding hydrogens is 398 g/mol. The molecule has 1 atom stereocenters. The van der Waals surface area contributed by atoms with Crippen molar-refractivity contribution in [2.45, 2.75) is 26.0 Å². The van der Waals surface area contributed by atoms with Gasteiger partial charge in [0, 0.05) is 30.8 Å². The number of carbonyl (C=O) groups excluding carboxylic acids is 1. The first-order valence-corrected chi connectivity index (χ1v) is 10.1. The maximum atomic E-state index is 12.3. The topological polar surface area (TPSA) is 91.7 Å². The van der Waals surface area contributed by atoms with E-state index in [-0.39, 0.29) is 18.3 Å². The van der Waals surface area contributed by atoms with Crippen LogP contribution >= 0.6 is 0 Å². The molecule has 0 saturated heterocycles. The Morgan fingerprint density at radius 2 is 1.94 bits per heavy atom. The van der Waals surface area contributed by atoms with E-state index in [1.807, 2.05) is 30.3 Å². The van der Waals surface area contributed by atoms with Crippen molar-refractivity contribution >= 4 is 5.91 Å². The molecule has 8 nitrogen and oxygen atoms in total. The second-order valence-corrected chi connectivity index (χ2v) is 7.07. The number of carbonyl (C=O) groups is 1. The summed E-state index contributed by atoms with van der Waals surface area (Å²) in [5, 5.41) is 7.25. The van der Waals surface area contributed by atoms with Crippen LogP contribution in [0.2, 0.25) is 0 Å². The molecule has 1 unspecified atom stereocenters. The van der Waals surface area contributed by atoms with Crippen molar-refractivity contribution < 1.29 is 19.0 Å². The van der Waals surface area contributed by atoms with Gasteiger partial charge < -0.3 is 19.5 Å². The number of nitrogens with one attached hydrogen (secondary N) is 1. The molecule has 8 heteroatoms. The third-order valence-electron chi connectivity index (χ3n) is 4.81. The summed E-state index contributed by atoms with van der Waals surface area (Å²) >= 11 is 0. The highest BCUT2D eigenvalue weighted by Gasteiger charge is 2.18. The average molecular weight is 421 g/mol. The zero-order chi connectivity index (χ0) is 21.6. The van der Waals surface area contributed by atoms with Crippen LogP contribution in [0.5, 0.6) is 17.2 Å². The van der Waals surface area contributed by atoms with E-state index in [0.717, 1.165) is 11.3 Å². The number of nitrogens with zero attached hydrogens (tertiary/aromatic N) is 2. The first-order valence-electron chi connectivity index (χ1n) is 10.1. The molecule has 1 N–H and O–H groups in total. The summed E-state index contributed by atoms with van der Waals surface area (Å²) in [6.07, 6.45) is -0.115. The van der Waals surface area contributed by atoms with Crippen molar-refractivity contribution in [3.05, 3.63) is 71.0 Å². The van der Waals surface area contributed by atoms with E-state index in [2.05, 4.69) is 10.4 Å². The predicted octanol–water partition coefficient (Wildman–Crippen LogP) is 2.61. The number of rotatable bonds is 8. The second-order valence-electron chi connectivity index (χ2n) is 7.07. The number of hydrogen-bond donors (Lipinski definition) is 1. The highest BCUT2D eigenvalue weighted by Crippen LogP contribution is 2.35. The Morgan fingerprint density at radius 3 is 2.77 bits per heavy atom. The molecule has 0 radical (unpaired) electrons. The van der Waals surface area contributed by atoms with Crippen LogP contribution in [0.3, 0.4) is 0 Å². The Morgan fingerprint density at radius 1 is 1.13 bits per heavy atom. The Labute approximate surface area is 179 Å². The summed E-state index contributed by atoms with van der Waals surface area (Å²) in [7, 11) is 0. The van der Waals surface area contributed by atoms with Gasteiger partial charge in [-0.15, -0.1) is 0 Å². The van der Waals surface area contributed by atoms with Crippen molar-refractivity contribution in [3.8, 4) is 28.5 Å². The smallest absolute Gasteiger partial charge is 0.266 e. The summed E-state index contributed by atoms with van der Waals surface area (Å²) in [4.78, 5) is 24.4. The van der Waals surface area contributed by atoms with Gasteiger partial charge in [0.1, 0.15) is 5.75 Å². The molecule has 0 bridgehead atoms. The van der Waals surface area contributed by atoms with Gasteiger partial charge in [-0.2, -0.15) is 5.10 Å². The second kappa shape index (κ2) is 9.34. The van der Waals surface area contributed by atoms with Gasteiger partial charge in [0.2, 0.25) is 6.79 Å². The highest BCUT2D eigenvalue weighted by atomic mass is 16.7. The molecule has 2 heterocycles. The van der Waals surface area contributed by atoms with Crippen molar-refractivity contribution in [3.63, 3.8) is 0 Å².